The van der Waals surface area contributed by atoms with E-state index >= 15 is 0 Å². The predicted octanol–water partition coefficient (Wildman–Crippen LogP) is 2.07. The van der Waals surface area contributed by atoms with Gasteiger partial charge in [-0.05, 0) is 25.0 Å². The summed E-state index contributed by atoms with van der Waals surface area (Å²) in [6.07, 6.45) is 2.53. The number of hydrogen-bond donors (Lipinski definition) is 2. The smallest absolute Gasteiger partial charge is 0.254 e. The molecule has 0 saturated carbocycles. The number of hydrogen-bond acceptors (Lipinski definition) is 3. The number of benzene rings is 1. The lowest BCUT2D eigenvalue weighted by Crippen LogP contribution is -2.31. The molecule has 5 heteroatoms. The Morgan fingerprint density at radius 3 is 2.50 bits per heavy atom. The summed E-state index contributed by atoms with van der Waals surface area (Å²) in [5.41, 5.74) is 1.69. The quantitative estimate of drug-likeness (QED) is 0.822. The highest BCUT2D eigenvalue weighted by molar-refractivity contribution is 5.95. The Morgan fingerprint density at radius 1 is 1.05 bits per heavy atom. The van der Waals surface area contributed by atoms with E-state index in [9.17, 15) is 9.59 Å². The van der Waals surface area contributed by atoms with Gasteiger partial charge in [0.15, 0.2) is 0 Å². The Labute approximate surface area is 129 Å². The molecule has 0 atom stereocenters. The van der Waals surface area contributed by atoms with Crippen molar-refractivity contribution in [3.05, 3.63) is 59.5 Å². The van der Waals surface area contributed by atoms with Crippen molar-refractivity contribution in [2.24, 2.45) is 0 Å². The summed E-state index contributed by atoms with van der Waals surface area (Å²) in [6, 6.07) is 11.6. The molecule has 0 unspecified atom stereocenters. The molecule has 0 radical (unpaired) electrons. The molecule has 1 aromatic heterocycles. The molecule has 0 aliphatic heterocycles. The van der Waals surface area contributed by atoms with Crippen LogP contribution < -0.4 is 10.6 Å². The lowest BCUT2D eigenvalue weighted by atomic mass is 10.1. The van der Waals surface area contributed by atoms with Gasteiger partial charge < -0.3 is 15.1 Å². The molecular weight excluding hydrogens is 280 g/mol. The third kappa shape index (κ3) is 4.77. The van der Waals surface area contributed by atoms with E-state index in [0.29, 0.717) is 24.4 Å². The summed E-state index contributed by atoms with van der Waals surface area (Å²) < 4.78 is 5.07. The zero-order chi connectivity index (χ0) is 15.8. The van der Waals surface area contributed by atoms with Gasteiger partial charge in [-0.3, -0.25) is 9.59 Å². The van der Waals surface area contributed by atoms with Gasteiger partial charge in [0.2, 0.25) is 5.91 Å². The van der Waals surface area contributed by atoms with Crippen LogP contribution in [0.2, 0.25) is 0 Å². The van der Waals surface area contributed by atoms with Crippen LogP contribution in [0.1, 0.15) is 28.1 Å². The fraction of sp³-hybridized carbons (Fsp3) is 0.294. The third-order valence-corrected chi connectivity index (χ3v) is 3.32. The lowest BCUT2D eigenvalue weighted by Gasteiger charge is -2.06. The van der Waals surface area contributed by atoms with Gasteiger partial charge >= 0.3 is 0 Å². The van der Waals surface area contributed by atoms with E-state index in [1.54, 1.807) is 13.0 Å². The first kappa shape index (κ1) is 15.8. The Bertz CT molecular complexity index is 620. The summed E-state index contributed by atoms with van der Waals surface area (Å²) in [6.45, 7) is 2.63. The van der Waals surface area contributed by atoms with Crippen molar-refractivity contribution in [3.63, 3.8) is 0 Å². The first-order valence-corrected chi connectivity index (χ1v) is 7.29. The van der Waals surface area contributed by atoms with Gasteiger partial charge in [-0.25, -0.2) is 0 Å². The maximum absolute atomic E-state index is 11.8. The maximum atomic E-state index is 11.8. The summed E-state index contributed by atoms with van der Waals surface area (Å²) in [7, 11) is 0. The number of carbonyl (C=O) groups excluding carboxylic acids is 2. The van der Waals surface area contributed by atoms with Gasteiger partial charge in [-0.1, -0.05) is 30.3 Å². The van der Waals surface area contributed by atoms with Crippen LogP contribution in [-0.4, -0.2) is 24.9 Å². The molecule has 0 aliphatic rings. The Balaban J connectivity index is 1.62. The van der Waals surface area contributed by atoms with Crippen molar-refractivity contribution in [1.82, 2.24) is 10.6 Å². The molecule has 0 aliphatic carbocycles. The molecule has 1 aromatic carbocycles. The first-order chi connectivity index (χ1) is 10.7. The number of amides is 2. The van der Waals surface area contributed by atoms with E-state index in [1.807, 2.05) is 30.3 Å². The molecule has 116 valence electrons. The van der Waals surface area contributed by atoms with Crippen LogP contribution in [-0.2, 0) is 11.2 Å². The second-order valence-electron chi connectivity index (χ2n) is 4.98. The van der Waals surface area contributed by atoms with Gasteiger partial charge in [0.05, 0.1) is 11.8 Å². The second kappa shape index (κ2) is 8.02. The highest BCUT2D eigenvalue weighted by Crippen LogP contribution is 2.07. The van der Waals surface area contributed by atoms with Crippen molar-refractivity contribution in [2.45, 2.75) is 19.8 Å². The van der Waals surface area contributed by atoms with Crippen LogP contribution in [0.15, 0.2) is 47.1 Å². The molecule has 2 N–H and O–H groups in total. The van der Waals surface area contributed by atoms with E-state index in [0.717, 1.165) is 6.42 Å². The van der Waals surface area contributed by atoms with Crippen LogP contribution in [0.5, 0.6) is 0 Å². The zero-order valence-electron chi connectivity index (χ0n) is 12.6. The minimum atomic E-state index is -0.219. The first-order valence-electron chi connectivity index (χ1n) is 7.29. The highest BCUT2D eigenvalue weighted by Gasteiger charge is 2.11. The van der Waals surface area contributed by atoms with Gasteiger partial charge in [-0.15, -0.1) is 0 Å². The monoisotopic (exact) mass is 300 g/mol. The highest BCUT2D eigenvalue weighted by atomic mass is 16.3. The second-order valence-corrected chi connectivity index (χ2v) is 4.98. The molecule has 1 heterocycles. The van der Waals surface area contributed by atoms with Crippen molar-refractivity contribution in [2.75, 3.05) is 13.1 Å². The van der Waals surface area contributed by atoms with Crippen LogP contribution in [0.4, 0.5) is 0 Å². The van der Waals surface area contributed by atoms with Crippen LogP contribution in [0, 0.1) is 6.92 Å². The molecule has 0 bridgehead atoms. The fourth-order valence-corrected chi connectivity index (χ4v) is 2.08. The number of aryl methyl sites for hydroxylation is 1. The van der Waals surface area contributed by atoms with E-state index < -0.39 is 0 Å². The minimum absolute atomic E-state index is 0.0693. The molecule has 5 nitrogen and oxygen atoms in total. The average Bonchev–Trinajstić information content (AvgIpc) is 2.94. The van der Waals surface area contributed by atoms with Gasteiger partial charge in [0.25, 0.3) is 5.91 Å². The minimum Gasteiger partial charge on any atom is -0.469 e. The number of carbonyl (C=O) groups is 2. The summed E-state index contributed by atoms with van der Waals surface area (Å²) >= 11 is 0. The molecule has 2 rings (SSSR count). The molecule has 0 saturated heterocycles. The van der Waals surface area contributed by atoms with Gasteiger partial charge in [-0.2, -0.15) is 0 Å². The number of rotatable bonds is 7. The van der Waals surface area contributed by atoms with E-state index in [1.165, 1.54) is 11.8 Å². The largest absolute Gasteiger partial charge is 0.469 e. The Morgan fingerprint density at radius 2 is 1.82 bits per heavy atom. The standard InChI is InChI=1S/C17H20N2O3/c1-13-15(9-12-22-13)17(21)19-11-8-16(20)18-10-7-14-5-3-2-4-6-14/h2-6,9,12H,7-8,10-11H2,1H3,(H,18,20)(H,19,21). The van der Waals surface area contributed by atoms with Crippen molar-refractivity contribution < 1.29 is 14.0 Å². The molecule has 0 fully saturated rings. The lowest BCUT2D eigenvalue weighted by molar-refractivity contribution is -0.120. The van der Waals surface area contributed by atoms with E-state index in [2.05, 4.69) is 10.6 Å². The SMILES string of the molecule is Cc1occc1C(=O)NCCC(=O)NCCc1ccccc1. The third-order valence-electron chi connectivity index (χ3n) is 3.32. The topological polar surface area (TPSA) is 71.3 Å². The van der Waals surface area contributed by atoms with Crippen molar-refractivity contribution in [1.29, 1.82) is 0 Å². The van der Waals surface area contributed by atoms with Crippen LogP contribution in [0.3, 0.4) is 0 Å². The summed E-state index contributed by atoms with van der Waals surface area (Å²) in [4.78, 5) is 23.5. The van der Waals surface area contributed by atoms with Crippen LogP contribution >= 0.6 is 0 Å². The Kier molecular flexibility index (Phi) is 5.77. The maximum Gasteiger partial charge on any atom is 0.254 e. The zero-order valence-corrected chi connectivity index (χ0v) is 12.6. The predicted molar refractivity (Wildman–Crippen MR) is 83.6 cm³/mol. The van der Waals surface area contributed by atoms with Crippen molar-refractivity contribution >= 4 is 11.8 Å². The van der Waals surface area contributed by atoms with Crippen molar-refractivity contribution in [3.8, 4) is 0 Å². The van der Waals surface area contributed by atoms with Gasteiger partial charge in [0.1, 0.15) is 5.76 Å². The summed E-state index contributed by atoms with van der Waals surface area (Å²) in [5.74, 6) is 0.285. The molecular formula is C17H20N2O3. The number of nitrogens with one attached hydrogen (secondary N) is 2. The number of furan rings is 1. The molecule has 2 aromatic rings. The molecule has 2 amide bonds. The van der Waals surface area contributed by atoms with E-state index in [-0.39, 0.29) is 18.2 Å². The Hall–Kier alpha value is -2.56. The van der Waals surface area contributed by atoms with Crippen LogP contribution in [0.25, 0.3) is 0 Å². The van der Waals surface area contributed by atoms with Gasteiger partial charge in [0, 0.05) is 19.5 Å². The average molecular weight is 300 g/mol. The normalized spacial score (nSPS) is 10.2. The van der Waals surface area contributed by atoms with E-state index in [4.69, 9.17) is 4.42 Å². The fourth-order valence-electron chi connectivity index (χ4n) is 2.08. The molecule has 0 spiro atoms. The summed E-state index contributed by atoms with van der Waals surface area (Å²) in [5, 5.41) is 5.55. The molecule has 22 heavy (non-hydrogen) atoms.